The summed E-state index contributed by atoms with van der Waals surface area (Å²) >= 11 is 0. The maximum absolute atomic E-state index is 5.12. The first-order chi connectivity index (χ1) is 6.35. The Morgan fingerprint density at radius 1 is 1.31 bits per heavy atom. The topological polar surface area (TPSA) is 9.23 Å². The molecule has 0 heterocycles. The van der Waals surface area contributed by atoms with E-state index in [-0.39, 0.29) is 0 Å². The van der Waals surface area contributed by atoms with E-state index in [2.05, 4.69) is 31.2 Å². The van der Waals surface area contributed by atoms with Crippen molar-refractivity contribution in [3.63, 3.8) is 0 Å². The maximum Gasteiger partial charge on any atom is 0.118 e. The minimum Gasteiger partial charge on any atom is -0.497 e. The number of hydrogen-bond donors (Lipinski definition) is 0. The molecule has 0 aromatic heterocycles. The molecule has 2 atom stereocenters. The van der Waals surface area contributed by atoms with Gasteiger partial charge >= 0.3 is 0 Å². The van der Waals surface area contributed by atoms with Gasteiger partial charge in [-0.1, -0.05) is 25.5 Å². The normalized spacial score (nSPS) is 25.7. The van der Waals surface area contributed by atoms with Gasteiger partial charge in [-0.25, -0.2) is 0 Å². The summed E-state index contributed by atoms with van der Waals surface area (Å²) in [6, 6.07) is 8.50. The molecule has 1 fully saturated rings. The van der Waals surface area contributed by atoms with Gasteiger partial charge in [-0.05, 0) is 36.0 Å². The monoisotopic (exact) mass is 176 g/mol. The minimum absolute atomic E-state index is 0.830. The highest BCUT2D eigenvalue weighted by Crippen LogP contribution is 2.49. The van der Waals surface area contributed by atoms with E-state index in [0.717, 1.165) is 17.6 Å². The first kappa shape index (κ1) is 8.61. The quantitative estimate of drug-likeness (QED) is 0.687. The second-order valence-corrected chi connectivity index (χ2v) is 3.78. The third-order valence-corrected chi connectivity index (χ3v) is 2.99. The van der Waals surface area contributed by atoms with Gasteiger partial charge in [-0.3, -0.25) is 0 Å². The van der Waals surface area contributed by atoms with E-state index in [1.807, 2.05) is 0 Å². The predicted octanol–water partition coefficient (Wildman–Crippen LogP) is 3.21. The maximum atomic E-state index is 5.12. The van der Waals surface area contributed by atoms with Crippen molar-refractivity contribution in [2.45, 2.75) is 25.7 Å². The SMILES string of the molecule is CC[C@H]1C[C@@H]1c1ccc(OC)cc1. The van der Waals surface area contributed by atoms with Crippen LogP contribution in [-0.2, 0) is 0 Å². The van der Waals surface area contributed by atoms with E-state index >= 15 is 0 Å². The van der Waals surface area contributed by atoms with Crippen molar-refractivity contribution in [1.29, 1.82) is 0 Å². The fourth-order valence-corrected chi connectivity index (χ4v) is 1.96. The third kappa shape index (κ3) is 1.69. The molecule has 2 rings (SSSR count). The van der Waals surface area contributed by atoms with Crippen LogP contribution in [0.25, 0.3) is 0 Å². The lowest BCUT2D eigenvalue weighted by atomic mass is 10.1. The van der Waals surface area contributed by atoms with Crippen molar-refractivity contribution in [2.24, 2.45) is 5.92 Å². The smallest absolute Gasteiger partial charge is 0.118 e. The molecule has 0 bridgehead atoms. The van der Waals surface area contributed by atoms with Crippen LogP contribution >= 0.6 is 0 Å². The van der Waals surface area contributed by atoms with Crippen LogP contribution in [0.3, 0.4) is 0 Å². The van der Waals surface area contributed by atoms with Gasteiger partial charge in [-0.15, -0.1) is 0 Å². The van der Waals surface area contributed by atoms with Gasteiger partial charge in [-0.2, -0.15) is 0 Å². The Bertz CT molecular complexity index is 276. The molecular formula is C12H16O. The van der Waals surface area contributed by atoms with E-state index < -0.39 is 0 Å². The van der Waals surface area contributed by atoms with Crippen LogP contribution in [0, 0.1) is 5.92 Å². The molecule has 0 saturated heterocycles. The van der Waals surface area contributed by atoms with E-state index in [4.69, 9.17) is 4.74 Å². The van der Waals surface area contributed by atoms with Gasteiger partial charge in [0.25, 0.3) is 0 Å². The summed E-state index contributed by atoms with van der Waals surface area (Å²) in [6.45, 7) is 2.27. The lowest BCUT2D eigenvalue weighted by Gasteiger charge is -2.01. The van der Waals surface area contributed by atoms with Crippen molar-refractivity contribution in [3.05, 3.63) is 29.8 Å². The van der Waals surface area contributed by atoms with Crippen molar-refractivity contribution < 1.29 is 4.74 Å². The lowest BCUT2D eigenvalue weighted by molar-refractivity contribution is 0.414. The van der Waals surface area contributed by atoms with E-state index in [1.54, 1.807) is 7.11 Å². The Balaban J connectivity index is 2.07. The van der Waals surface area contributed by atoms with Gasteiger partial charge in [0, 0.05) is 0 Å². The molecule has 1 aromatic rings. The number of benzene rings is 1. The molecular weight excluding hydrogens is 160 g/mol. The highest BCUT2D eigenvalue weighted by Gasteiger charge is 2.36. The summed E-state index contributed by atoms with van der Waals surface area (Å²) in [5.74, 6) is 2.72. The van der Waals surface area contributed by atoms with Crippen LogP contribution in [0.1, 0.15) is 31.2 Å². The van der Waals surface area contributed by atoms with Crippen LogP contribution in [0.4, 0.5) is 0 Å². The Morgan fingerprint density at radius 2 is 2.00 bits per heavy atom. The summed E-state index contributed by atoms with van der Waals surface area (Å²) in [4.78, 5) is 0. The Hall–Kier alpha value is -0.980. The van der Waals surface area contributed by atoms with E-state index in [0.29, 0.717) is 0 Å². The number of hydrogen-bond acceptors (Lipinski definition) is 1. The lowest BCUT2D eigenvalue weighted by Crippen LogP contribution is -1.85. The molecule has 1 aromatic carbocycles. The van der Waals surface area contributed by atoms with Gasteiger partial charge in [0.15, 0.2) is 0 Å². The van der Waals surface area contributed by atoms with Gasteiger partial charge in [0.2, 0.25) is 0 Å². The van der Waals surface area contributed by atoms with Crippen LogP contribution in [0.2, 0.25) is 0 Å². The zero-order chi connectivity index (χ0) is 9.26. The summed E-state index contributed by atoms with van der Waals surface area (Å²) in [7, 11) is 1.71. The molecule has 1 saturated carbocycles. The average Bonchev–Trinajstić information content (AvgIpc) is 2.97. The fourth-order valence-electron chi connectivity index (χ4n) is 1.96. The second-order valence-electron chi connectivity index (χ2n) is 3.78. The second kappa shape index (κ2) is 3.41. The molecule has 0 amide bonds. The van der Waals surface area contributed by atoms with Crippen LogP contribution in [0.15, 0.2) is 24.3 Å². The Morgan fingerprint density at radius 3 is 2.46 bits per heavy atom. The molecule has 1 aliphatic carbocycles. The highest BCUT2D eigenvalue weighted by molar-refractivity contribution is 5.32. The average molecular weight is 176 g/mol. The van der Waals surface area contributed by atoms with Crippen LogP contribution in [0.5, 0.6) is 5.75 Å². The summed E-state index contributed by atoms with van der Waals surface area (Å²) < 4.78 is 5.12. The summed E-state index contributed by atoms with van der Waals surface area (Å²) in [6.07, 6.45) is 2.69. The summed E-state index contributed by atoms with van der Waals surface area (Å²) in [5.41, 5.74) is 1.48. The molecule has 13 heavy (non-hydrogen) atoms. The predicted molar refractivity (Wildman–Crippen MR) is 54.1 cm³/mol. The first-order valence-electron chi connectivity index (χ1n) is 4.99. The largest absolute Gasteiger partial charge is 0.497 e. The molecule has 1 nitrogen and oxygen atoms in total. The first-order valence-corrected chi connectivity index (χ1v) is 4.99. The molecule has 0 N–H and O–H groups in total. The van der Waals surface area contributed by atoms with E-state index in [9.17, 15) is 0 Å². The Kier molecular flexibility index (Phi) is 2.26. The molecule has 0 aliphatic heterocycles. The van der Waals surface area contributed by atoms with Crippen molar-refractivity contribution in [1.82, 2.24) is 0 Å². The fraction of sp³-hybridized carbons (Fsp3) is 0.500. The third-order valence-electron chi connectivity index (χ3n) is 2.99. The zero-order valence-corrected chi connectivity index (χ0v) is 8.29. The van der Waals surface area contributed by atoms with Crippen LogP contribution in [-0.4, -0.2) is 7.11 Å². The molecule has 70 valence electrons. The Labute approximate surface area is 79.7 Å². The van der Waals surface area contributed by atoms with Crippen molar-refractivity contribution >= 4 is 0 Å². The molecule has 1 aliphatic rings. The standard InChI is InChI=1S/C12H16O/c1-3-9-8-12(9)10-4-6-11(13-2)7-5-10/h4-7,9,12H,3,8H2,1-2H3/t9-,12-/m0/s1. The van der Waals surface area contributed by atoms with Gasteiger partial charge < -0.3 is 4.74 Å². The summed E-state index contributed by atoms with van der Waals surface area (Å²) in [5, 5.41) is 0. The van der Waals surface area contributed by atoms with Gasteiger partial charge in [0.1, 0.15) is 5.75 Å². The molecule has 0 unspecified atom stereocenters. The molecule has 0 spiro atoms. The van der Waals surface area contributed by atoms with Gasteiger partial charge in [0.05, 0.1) is 7.11 Å². The number of ether oxygens (including phenoxy) is 1. The minimum atomic E-state index is 0.830. The van der Waals surface area contributed by atoms with Crippen LogP contribution < -0.4 is 4.74 Å². The van der Waals surface area contributed by atoms with Crippen molar-refractivity contribution in [2.75, 3.05) is 7.11 Å². The van der Waals surface area contributed by atoms with E-state index in [1.165, 1.54) is 18.4 Å². The zero-order valence-electron chi connectivity index (χ0n) is 8.29. The molecule has 0 radical (unpaired) electrons. The number of methoxy groups -OCH3 is 1. The molecule has 1 heteroatoms. The highest BCUT2D eigenvalue weighted by atomic mass is 16.5. The number of rotatable bonds is 3. The van der Waals surface area contributed by atoms with Crippen molar-refractivity contribution in [3.8, 4) is 5.75 Å².